The molecular formula is C5H12NS. The normalized spacial score (nSPS) is 9.43. The van der Waals surface area contributed by atoms with Gasteiger partial charge in [-0.05, 0) is 25.5 Å². The lowest BCUT2D eigenvalue weighted by molar-refractivity contribution is 0.899. The van der Waals surface area contributed by atoms with E-state index in [-0.39, 0.29) is 0 Å². The zero-order valence-corrected chi connectivity index (χ0v) is 5.72. The fourth-order valence-corrected chi connectivity index (χ4v) is 0.675. The van der Waals surface area contributed by atoms with E-state index < -0.39 is 0 Å². The molecule has 0 aromatic heterocycles. The van der Waals surface area contributed by atoms with Crippen LogP contribution in [0, 0.1) is 6.54 Å². The molecule has 0 saturated heterocycles. The first-order valence-corrected chi connectivity index (χ1v) is 3.79. The highest BCUT2D eigenvalue weighted by Gasteiger charge is 1.79. The maximum absolute atomic E-state index is 2.96. The second-order valence-corrected chi connectivity index (χ2v) is 2.26. The Hall–Kier alpha value is 0.310. The lowest BCUT2D eigenvalue weighted by Crippen LogP contribution is -2.00. The first kappa shape index (κ1) is 7.31. The molecule has 0 rings (SSSR count). The smallest absolute Gasteiger partial charge is 0.0226 e. The van der Waals surface area contributed by atoms with Crippen molar-refractivity contribution in [3.05, 3.63) is 6.54 Å². The summed E-state index contributed by atoms with van der Waals surface area (Å²) in [5, 5.41) is 2.96. The van der Waals surface area contributed by atoms with Gasteiger partial charge in [0.25, 0.3) is 0 Å². The van der Waals surface area contributed by atoms with Crippen LogP contribution >= 0.6 is 11.8 Å². The van der Waals surface area contributed by atoms with Crippen molar-refractivity contribution >= 4 is 11.8 Å². The summed E-state index contributed by atoms with van der Waals surface area (Å²) in [5.41, 5.74) is 0. The van der Waals surface area contributed by atoms with Crippen molar-refractivity contribution in [2.75, 3.05) is 19.1 Å². The molecule has 0 saturated carbocycles. The molecule has 0 bridgehead atoms. The molecule has 0 atom stereocenters. The molecule has 1 N–H and O–H groups in total. The second kappa shape index (κ2) is 6.31. The van der Waals surface area contributed by atoms with Gasteiger partial charge in [0.2, 0.25) is 0 Å². The van der Waals surface area contributed by atoms with E-state index in [1.165, 1.54) is 5.75 Å². The van der Waals surface area contributed by atoms with Crippen molar-refractivity contribution in [2.24, 2.45) is 0 Å². The van der Waals surface area contributed by atoms with Gasteiger partial charge in [0.1, 0.15) is 0 Å². The van der Waals surface area contributed by atoms with Crippen LogP contribution in [0.15, 0.2) is 0 Å². The molecule has 0 aliphatic heterocycles. The average molecular weight is 118 g/mol. The first-order valence-electron chi connectivity index (χ1n) is 2.39. The van der Waals surface area contributed by atoms with Crippen molar-refractivity contribution in [2.45, 2.75) is 6.42 Å². The number of thioether (sulfide) groups is 1. The van der Waals surface area contributed by atoms with E-state index in [1.54, 1.807) is 0 Å². The summed E-state index contributed by atoms with van der Waals surface area (Å²) in [6, 6.07) is 0. The molecular weight excluding hydrogens is 106 g/mol. The standard InChI is InChI=1S/C5H12NS/c1-6-4-3-5-7-2/h4,6H,3,5H2,1-2H3. The molecule has 0 aromatic carbocycles. The number of hydrogen-bond donors (Lipinski definition) is 1. The van der Waals surface area contributed by atoms with Gasteiger partial charge in [-0.3, -0.25) is 0 Å². The van der Waals surface area contributed by atoms with Crippen molar-refractivity contribution in [1.29, 1.82) is 0 Å². The van der Waals surface area contributed by atoms with Gasteiger partial charge in [0.15, 0.2) is 0 Å². The molecule has 0 aliphatic carbocycles. The summed E-state index contributed by atoms with van der Waals surface area (Å²) in [5.74, 6) is 1.22. The summed E-state index contributed by atoms with van der Waals surface area (Å²) >= 11 is 1.87. The van der Waals surface area contributed by atoms with E-state index in [1.807, 2.05) is 18.8 Å². The first-order chi connectivity index (χ1) is 3.41. The van der Waals surface area contributed by atoms with Crippen molar-refractivity contribution in [3.63, 3.8) is 0 Å². The summed E-state index contributed by atoms with van der Waals surface area (Å²) in [4.78, 5) is 0. The predicted molar refractivity (Wildman–Crippen MR) is 36.4 cm³/mol. The molecule has 0 amide bonds. The molecule has 0 heterocycles. The monoisotopic (exact) mass is 118 g/mol. The Morgan fingerprint density at radius 3 is 2.86 bits per heavy atom. The van der Waals surface area contributed by atoms with E-state index in [2.05, 4.69) is 18.1 Å². The lowest BCUT2D eigenvalue weighted by Gasteiger charge is -1.92. The highest BCUT2D eigenvalue weighted by Crippen LogP contribution is 1.94. The van der Waals surface area contributed by atoms with Crippen LogP contribution in [0.25, 0.3) is 0 Å². The zero-order chi connectivity index (χ0) is 5.54. The molecule has 1 nitrogen and oxygen atoms in total. The van der Waals surface area contributed by atoms with Crippen LogP contribution in [0.4, 0.5) is 0 Å². The molecule has 0 unspecified atom stereocenters. The van der Waals surface area contributed by atoms with Crippen molar-refractivity contribution < 1.29 is 0 Å². The van der Waals surface area contributed by atoms with Crippen LogP contribution in [0.5, 0.6) is 0 Å². The summed E-state index contributed by atoms with van der Waals surface area (Å²) in [7, 11) is 1.93. The second-order valence-electron chi connectivity index (χ2n) is 1.27. The van der Waals surface area contributed by atoms with E-state index in [0.29, 0.717) is 0 Å². The van der Waals surface area contributed by atoms with Crippen molar-refractivity contribution in [3.8, 4) is 0 Å². The van der Waals surface area contributed by atoms with E-state index >= 15 is 0 Å². The average Bonchev–Trinajstić information content (AvgIpc) is 1.69. The fraction of sp³-hybridized carbons (Fsp3) is 0.800. The largest absolute Gasteiger partial charge is 0.315 e. The maximum Gasteiger partial charge on any atom is 0.0226 e. The van der Waals surface area contributed by atoms with E-state index in [4.69, 9.17) is 0 Å². The highest BCUT2D eigenvalue weighted by molar-refractivity contribution is 7.98. The zero-order valence-electron chi connectivity index (χ0n) is 4.90. The van der Waals surface area contributed by atoms with Gasteiger partial charge in [-0.2, -0.15) is 11.8 Å². The van der Waals surface area contributed by atoms with E-state index in [9.17, 15) is 0 Å². The Morgan fingerprint density at radius 2 is 2.43 bits per heavy atom. The molecule has 43 valence electrons. The maximum atomic E-state index is 2.96. The van der Waals surface area contributed by atoms with Crippen LogP contribution in [0.2, 0.25) is 0 Å². The van der Waals surface area contributed by atoms with Crippen LogP contribution < -0.4 is 5.32 Å². The number of rotatable bonds is 4. The van der Waals surface area contributed by atoms with Crippen LogP contribution in [0.3, 0.4) is 0 Å². The molecule has 0 spiro atoms. The number of nitrogens with one attached hydrogen (secondary N) is 1. The minimum Gasteiger partial charge on any atom is -0.315 e. The van der Waals surface area contributed by atoms with Crippen LogP contribution in [-0.4, -0.2) is 19.1 Å². The van der Waals surface area contributed by atoms with Gasteiger partial charge in [-0.1, -0.05) is 0 Å². The topological polar surface area (TPSA) is 12.0 Å². The summed E-state index contributed by atoms with van der Waals surface area (Å²) in [6.45, 7) is 2.07. The molecule has 0 aliphatic rings. The molecule has 7 heavy (non-hydrogen) atoms. The van der Waals surface area contributed by atoms with Gasteiger partial charge >= 0.3 is 0 Å². The Balaban J connectivity index is 2.45. The Labute approximate surface area is 49.9 Å². The SMILES string of the molecule is CN[CH]CCSC. The quantitative estimate of drug-likeness (QED) is 0.555. The third-order valence-corrected chi connectivity index (χ3v) is 1.31. The van der Waals surface area contributed by atoms with Gasteiger partial charge in [0, 0.05) is 6.54 Å². The van der Waals surface area contributed by atoms with Gasteiger partial charge in [-0.15, -0.1) is 0 Å². The summed E-state index contributed by atoms with van der Waals surface area (Å²) < 4.78 is 0. The van der Waals surface area contributed by atoms with Crippen molar-refractivity contribution in [1.82, 2.24) is 5.32 Å². The number of hydrogen-bond acceptors (Lipinski definition) is 2. The minimum atomic E-state index is 1.16. The fourth-order valence-electron chi connectivity index (χ4n) is 0.321. The Morgan fingerprint density at radius 1 is 1.71 bits per heavy atom. The van der Waals surface area contributed by atoms with E-state index in [0.717, 1.165) is 6.42 Å². The predicted octanol–water partition coefficient (Wildman–Crippen LogP) is 1.12. The van der Waals surface area contributed by atoms with Crippen LogP contribution in [0.1, 0.15) is 6.42 Å². The summed E-state index contributed by atoms with van der Waals surface area (Å²) in [6.07, 6.45) is 3.28. The molecule has 2 heteroatoms. The molecule has 0 fully saturated rings. The lowest BCUT2D eigenvalue weighted by atomic mass is 10.5. The minimum absolute atomic E-state index is 1.16. The Kier molecular flexibility index (Phi) is 6.59. The third kappa shape index (κ3) is 6.31. The molecule has 0 aromatic rings. The van der Waals surface area contributed by atoms with Gasteiger partial charge < -0.3 is 5.32 Å². The third-order valence-electron chi connectivity index (χ3n) is 0.670. The molecule has 1 radical (unpaired) electrons. The van der Waals surface area contributed by atoms with Crippen LogP contribution in [-0.2, 0) is 0 Å². The van der Waals surface area contributed by atoms with Gasteiger partial charge in [0.05, 0.1) is 0 Å². The van der Waals surface area contributed by atoms with Gasteiger partial charge in [-0.25, -0.2) is 0 Å². The highest BCUT2D eigenvalue weighted by atomic mass is 32.2. The Bertz CT molecular complexity index is 27.3.